The molecule has 1 unspecified atom stereocenters. The van der Waals surface area contributed by atoms with Gasteiger partial charge in [0, 0.05) is 44.7 Å². The van der Waals surface area contributed by atoms with Crippen LogP contribution < -0.4 is 25.2 Å². The Morgan fingerprint density at radius 3 is 2.55 bits per heavy atom. The molecule has 12 nitrogen and oxygen atoms in total. The van der Waals surface area contributed by atoms with Crippen molar-refractivity contribution in [3.8, 4) is 22.6 Å². The summed E-state index contributed by atoms with van der Waals surface area (Å²) in [5.74, 6) is 0.793. The minimum Gasteiger partial charge on any atom is -0.492 e. The van der Waals surface area contributed by atoms with Crippen LogP contribution in [0.4, 0.5) is 0 Å². The molecule has 0 aromatic heterocycles. The second-order valence-corrected chi connectivity index (χ2v) is 16.1. The molecule has 254 valence electrons. The summed E-state index contributed by atoms with van der Waals surface area (Å²) in [5, 5.41) is 13.9. The van der Waals surface area contributed by atoms with Crippen molar-refractivity contribution in [3.63, 3.8) is 0 Å². The molecule has 3 aliphatic heterocycles. The van der Waals surface area contributed by atoms with E-state index in [1.54, 1.807) is 22.5 Å². The number of hydrogen-bond acceptors (Lipinski definition) is 10. The Morgan fingerprint density at radius 2 is 1.83 bits per heavy atom. The fraction of sp³-hybridized carbons (Fsp3) is 0.455. The highest BCUT2D eigenvalue weighted by Crippen LogP contribution is 2.42. The van der Waals surface area contributed by atoms with Gasteiger partial charge in [-0.25, -0.2) is 21.6 Å². The molecule has 2 atom stereocenters. The van der Waals surface area contributed by atoms with Gasteiger partial charge in [-0.05, 0) is 72.8 Å². The molecule has 2 fully saturated rings. The molecule has 0 saturated carbocycles. The van der Waals surface area contributed by atoms with Crippen LogP contribution in [0.3, 0.4) is 0 Å². The molecule has 47 heavy (non-hydrogen) atoms. The van der Waals surface area contributed by atoms with Crippen LogP contribution in [0.15, 0.2) is 70.5 Å². The number of nitrogens with zero attached hydrogens (tertiary/aromatic N) is 1. The van der Waals surface area contributed by atoms with E-state index >= 15 is 0 Å². The van der Waals surface area contributed by atoms with Crippen molar-refractivity contribution in [2.45, 2.75) is 59.8 Å². The van der Waals surface area contributed by atoms with Crippen molar-refractivity contribution in [1.29, 1.82) is 0 Å². The number of rotatable bonds is 12. The van der Waals surface area contributed by atoms with Crippen molar-refractivity contribution in [2.24, 2.45) is 5.73 Å². The molecule has 3 aromatic carbocycles. The summed E-state index contributed by atoms with van der Waals surface area (Å²) in [5.41, 5.74) is 8.99. The third-order valence-electron chi connectivity index (χ3n) is 9.20. The third kappa shape index (κ3) is 7.34. The van der Waals surface area contributed by atoms with E-state index in [0.29, 0.717) is 70.0 Å². The maximum Gasteiger partial charge on any atom is 0.246 e. The number of ether oxygens (including phenoxy) is 3. The molecule has 0 radical (unpaired) electrons. The molecule has 3 aliphatic rings. The normalized spacial score (nSPS) is 20.2. The zero-order valence-electron chi connectivity index (χ0n) is 26.4. The highest BCUT2D eigenvalue weighted by atomic mass is 32.2. The predicted octanol–water partition coefficient (Wildman–Crippen LogP) is 2.00. The van der Waals surface area contributed by atoms with Crippen LogP contribution >= 0.6 is 0 Å². The molecule has 3 heterocycles. The fourth-order valence-corrected chi connectivity index (χ4v) is 8.87. The summed E-state index contributed by atoms with van der Waals surface area (Å²) in [6, 6.07) is 17.7. The highest BCUT2D eigenvalue weighted by Gasteiger charge is 2.45. The fourth-order valence-electron chi connectivity index (χ4n) is 6.46. The maximum atomic E-state index is 14.0. The lowest BCUT2D eigenvalue weighted by Crippen LogP contribution is -2.47. The van der Waals surface area contributed by atoms with Crippen LogP contribution in [-0.4, -0.2) is 90.5 Å². The van der Waals surface area contributed by atoms with Gasteiger partial charge in [0.15, 0.2) is 0 Å². The van der Waals surface area contributed by atoms with Crippen molar-refractivity contribution in [3.05, 3.63) is 71.8 Å². The maximum absolute atomic E-state index is 14.0. The topological polar surface area (TPSA) is 170 Å². The number of benzene rings is 3. The van der Waals surface area contributed by atoms with E-state index in [-0.39, 0.29) is 29.0 Å². The first-order valence-electron chi connectivity index (χ1n) is 15.8. The number of sulfonamides is 2. The van der Waals surface area contributed by atoms with E-state index in [0.717, 1.165) is 22.3 Å². The minimum atomic E-state index is -3.82. The number of hydrogen-bond donors (Lipinski definition) is 4. The molecule has 0 aliphatic carbocycles. The van der Waals surface area contributed by atoms with Crippen LogP contribution in [0.1, 0.15) is 30.4 Å². The number of piperidine rings is 1. The first-order chi connectivity index (χ1) is 22.5. The minimum absolute atomic E-state index is 0.00378. The van der Waals surface area contributed by atoms with Crippen LogP contribution in [-0.2, 0) is 37.7 Å². The number of aliphatic hydroxyl groups is 1. The van der Waals surface area contributed by atoms with Gasteiger partial charge in [-0.15, -0.1) is 0 Å². The lowest BCUT2D eigenvalue weighted by molar-refractivity contribution is -0.0312. The van der Waals surface area contributed by atoms with Crippen molar-refractivity contribution in [2.75, 3.05) is 46.5 Å². The number of nitrogens with one attached hydrogen (secondary N) is 2. The van der Waals surface area contributed by atoms with E-state index in [9.17, 15) is 21.9 Å². The molecular weight excluding hydrogens is 645 g/mol. The van der Waals surface area contributed by atoms with E-state index in [1.807, 2.05) is 30.3 Å². The molecule has 2 saturated heterocycles. The smallest absolute Gasteiger partial charge is 0.246 e. The Labute approximate surface area is 276 Å². The van der Waals surface area contributed by atoms with Crippen LogP contribution in [0.2, 0.25) is 0 Å². The van der Waals surface area contributed by atoms with Gasteiger partial charge in [-0.3, -0.25) is 0 Å². The number of nitrogens with two attached hydrogens (primary N) is 1. The lowest BCUT2D eigenvalue weighted by Gasteiger charge is -2.38. The van der Waals surface area contributed by atoms with E-state index in [1.165, 1.54) is 19.2 Å². The molecule has 0 bridgehead atoms. The van der Waals surface area contributed by atoms with Gasteiger partial charge >= 0.3 is 0 Å². The van der Waals surface area contributed by atoms with Gasteiger partial charge in [0.1, 0.15) is 29.1 Å². The Kier molecular flexibility index (Phi) is 9.93. The SMILES string of the molecule is CNS(=O)(=O)c1cccc(OC[C@@H](O)CNC2COC3(CCN(S(=O)(=O)c4cc(-c5ccc(CN)cc5)cc5c4OCC5)CC3)C2)c1. The Bertz CT molecular complexity index is 1790. The van der Waals surface area contributed by atoms with E-state index in [4.69, 9.17) is 19.9 Å². The second kappa shape index (κ2) is 13.8. The zero-order chi connectivity index (χ0) is 33.2. The Hall–Kier alpha value is -3.08. The second-order valence-electron chi connectivity index (χ2n) is 12.3. The van der Waals surface area contributed by atoms with Gasteiger partial charge in [0.2, 0.25) is 20.0 Å². The highest BCUT2D eigenvalue weighted by molar-refractivity contribution is 7.89. The average Bonchev–Trinajstić information content (AvgIpc) is 3.73. The molecule has 1 spiro atoms. The molecule has 6 rings (SSSR count). The van der Waals surface area contributed by atoms with Crippen LogP contribution in [0.25, 0.3) is 11.1 Å². The Morgan fingerprint density at radius 1 is 1.06 bits per heavy atom. The van der Waals surface area contributed by atoms with Crippen LogP contribution in [0, 0.1) is 0 Å². The van der Waals surface area contributed by atoms with Crippen molar-refractivity contribution < 1.29 is 36.2 Å². The summed E-state index contributed by atoms with van der Waals surface area (Å²) in [4.78, 5) is 0.289. The summed E-state index contributed by atoms with van der Waals surface area (Å²) in [6.45, 7) is 2.25. The zero-order valence-corrected chi connectivity index (χ0v) is 28.0. The monoisotopic (exact) mass is 686 g/mol. The molecule has 5 N–H and O–H groups in total. The Balaban J connectivity index is 1.03. The van der Waals surface area contributed by atoms with Gasteiger partial charge in [0.25, 0.3) is 0 Å². The summed E-state index contributed by atoms with van der Waals surface area (Å²) in [7, 11) is -6.08. The van der Waals surface area contributed by atoms with Crippen molar-refractivity contribution in [1.82, 2.24) is 14.3 Å². The van der Waals surface area contributed by atoms with E-state index < -0.39 is 31.8 Å². The lowest BCUT2D eigenvalue weighted by atomic mass is 9.88. The van der Waals surface area contributed by atoms with Gasteiger partial charge in [-0.2, -0.15) is 4.31 Å². The quantitative estimate of drug-likeness (QED) is 0.221. The van der Waals surface area contributed by atoms with Gasteiger partial charge in [0.05, 0.1) is 23.7 Å². The average molecular weight is 687 g/mol. The van der Waals surface area contributed by atoms with Crippen molar-refractivity contribution >= 4 is 20.0 Å². The van der Waals surface area contributed by atoms with Gasteiger partial charge in [-0.1, -0.05) is 30.3 Å². The van der Waals surface area contributed by atoms with Gasteiger partial charge < -0.3 is 30.4 Å². The first kappa shape index (κ1) is 33.8. The molecular formula is C33H42N4O8S2. The summed E-state index contributed by atoms with van der Waals surface area (Å²) < 4.78 is 73.7. The molecule has 0 amide bonds. The summed E-state index contributed by atoms with van der Waals surface area (Å²) >= 11 is 0. The van der Waals surface area contributed by atoms with E-state index in [2.05, 4.69) is 10.0 Å². The predicted molar refractivity (Wildman–Crippen MR) is 176 cm³/mol. The molecule has 3 aromatic rings. The third-order valence-corrected chi connectivity index (χ3v) is 12.5. The number of aliphatic hydroxyl groups excluding tert-OH is 1. The molecule has 14 heteroatoms. The first-order valence-corrected chi connectivity index (χ1v) is 18.8. The van der Waals surface area contributed by atoms with Crippen LogP contribution in [0.5, 0.6) is 11.5 Å². The standard InChI is InChI=1S/C33H42N4O8S2/c1-35-46(39,40)30-4-2-3-29(17-30)44-22-28(38)20-36-27-18-33(45-21-27)10-12-37(13-11-33)47(41,42)31-16-26(15-25-9-14-43-32(25)31)24-7-5-23(19-34)6-8-24/h2-8,15-17,27-28,35-36,38H,9-14,18-22,34H2,1H3/t27?,28-/m0/s1. The largest absolute Gasteiger partial charge is 0.492 e. The summed E-state index contributed by atoms with van der Waals surface area (Å²) in [6.07, 6.45) is 1.65. The number of fused-ring (bicyclic) bond motifs is 1.